The summed E-state index contributed by atoms with van der Waals surface area (Å²) < 4.78 is 7.25. The lowest BCUT2D eigenvalue weighted by Crippen LogP contribution is -1.85. The number of benzene rings is 1. The number of aryl methyl sites for hydroxylation is 1. The summed E-state index contributed by atoms with van der Waals surface area (Å²) in [5.74, 6) is 0. The molecule has 3 nitrogen and oxygen atoms in total. The second-order valence-electron chi connectivity index (χ2n) is 4.23. The van der Waals surface area contributed by atoms with Crippen molar-refractivity contribution >= 4 is 22.2 Å². The summed E-state index contributed by atoms with van der Waals surface area (Å²) in [7, 11) is 3.76. The first-order chi connectivity index (χ1) is 8.79. The van der Waals surface area contributed by atoms with E-state index >= 15 is 0 Å². The Kier molecular flexibility index (Phi) is 2.89. The number of ether oxygens (including phenoxy) is 1. The molecule has 0 N–H and O–H groups in total. The van der Waals surface area contributed by atoms with Gasteiger partial charge in [-0.05, 0) is 6.07 Å². The molecule has 3 rings (SSSR count). The van der Waals surface area contributed by atoms with Crippen LogP contribution >= 0.6 is 11.3 Å². The van der Waals surface area contributed by atoms with E-state index < -0.39 is 0 Å². The zero-order valence-corrected chi connectivity index (χ0v) is 11.2. The Morgan fingerprint density at radius 3 is 3.00 bits per heavy atom. The zero-order chi connectivity index (χ0) is 12.5. The van der Waals surface area contributed by atoms with E-state index in [4.69, 9.17) is 4.74 Å². The van der Waals surface area contributed by atoms with Crippen LogP contribution in [0, 0.1) is 0 Å². The Morgan fingerprint density at radius 1 is 1.33 bits per heavy atom. The Balaban J connectivity index is 2.13. The molecule has 0 spiro atoms. The van der Waals surface area contributed by atoms with Crippen LogP contribution in [0.4, 0.5) is 0 Å². The first-order valence-electron chi connectivity index (χ1n) is 5.77. The molecule has 0 aliphatic heterocycles. The third-order valence-corrected chi connectivity index (χ3v) is 3.81. The molecule has 0 saturated carbocycles. The molecule has 0 radical (unpaired) electrons. The fourth-order valence-corrected chi connectivity index (χ4v) is 2.93. The molecule has 3 aromatic rings. The predicted molar refractivity (Wildman–Crippen MR) is 74.7 cm³/mol. The number of thiazole rings is 1. The van der Waals surface area contributed by atoms with Crippen molar-refractivity contribution in [1.29, 1.82) is 0 Å². The number of para-hydroxylation sites is 1. The van der Waals surface area contributed by atoms with Crippen LogP contribution in [0.3, 0.4) is 0 Å². The molecule has 0 fully saturated rings. The third kappa shape index (κ3) is 1.83. The molecule has 92 valence electrons. The Labute approximate surface area is 110 Å². The lowest BCUT2D eigenvalue weighted by atomic mass is 10.1. The average Bonchev–Trinajstić information content (AvgIpc) is 2.96. The molecule has 1 aromatic carbocycles. The van der Waals surface area contributed by atoms with Crippen molar-refractivity contribution in [2.24, 2.45) is 7.05 Å². The van der Waals surface area contributed by atoms with Crippen molar-refractivity contribution in [3.63, 3.8) is 0 Å². The largest absolute Gasteiger partial charge is 0.378 e. The average molecular weight is 258 g/mol. The van der Waals surface area contributed by atoms with Crippen molar-refractivity contribution < 1.29 is 4.74 Å². The van der Waals surface area contributed by atoms with Gasteiger partial charge in [-0.3, -0.25) is 0 Å². The van der Waals surface area contributed by atoms with Crippen LogP contribution < -0.4 is 0 Å². The summed E-state index contributed by atoms with van der Waals surface area (Å²) >= 11 is 1.64. The second kappa shape index (κ2) is 4.55. The quantitative estimate of drug-likeness (QED) is 0.719. The monoisotopic (exact) mass is 258 g/mol. The number of nitrogens with zero attached hydrogens (tertiary/aromatic N) is 2. The number of fused-ring (bicyclic) bond motifs is 1. The summed E-state index contributed by atoms with van der Waals surface area (Å²) in [6.45, 7) is 0.579. The van der Waals surface area contributed by atoms with Gasteiger partial charge in [0, 0.05) is 42.2 Å². The molecular formula is C14H14N2OS. The number of hydrogen-bond donors (Lipinski definition) is 0. The minimum atomic E-state index is 0.579. The van der Waals surface area contributed by atoms with E-state index in [0.29, 0.717) is 6.61 Å². The molecule has 0 aliphatic rings. The van der Waals surface area contributed by atoms with E-state index in [1.807, 2.05) is 0 Å². The first kappa shape index (κ1) is 11.4. The van der Waals surface area contributed by atoms with Crippen molar-refractivity contribution in [3.8, 4) is 11.3 Å². The van der Waals surface area contributed by atoms with Gasteiger partial charge >= 0.3 is 0 Å². The topological polar surface area (TPSA) is 27.1 Å². The third-order valence-electron chi connectivity index (χ3n) is 2.99. The number of rotatable bonds is 3. The van der Waals surface area contributed by atoms with Crippen molar-refractivity contribution in [1.82, 2.24) is 9.55 Å². The molecule has 4 heteroatoms. The maximum absolute atomic E-state index is 5.11. The Morgan fingerprint density at radius 2 is 2.17 bits per heavy atom. The van der Waals surface area contributed by atoms with Crippen LogP contribution in [0.25, 0.3) is 22.2 Å². The molecule has 18 heavy (non-hydrogen) atoms. The smallest absolute Gasteiger partial charge is 0.119 e. The maximum Gasteiger partial charge on any atom is 0.119 e. The molecule has 2 aromatic heterocycles. The lowest BCUT2D eigenvalue weighted by Gasteiger charge is -1.94. The molecule has 0 bridgehead atoms. The van der Waals surface area contributed by atoms with Gasteiger partial charge in [-0.15, -0.1) is 11.3 Å². The summed E-state index contributed by atoms with van der Waals surface area (Å²) in [6.07, 6.45) is 2.14. The van der Waals surface area contributed by atoms with Crippen LogP contribution in [-0.4, -0.2) is 16.7 Å². The molecule has 0 unspecified atom stereocenters. The van der Waals surface area contributed by atoms with Gasteiger partial charge in [-0.2, -0.15) is 0 Å². The van der Waals surface area contributed by atoms with Gasteiger partial charge in [0.2, 0.25) is 0 Å². The number of aromatic nitrogens is 2. The van der Waals surface area contributed by atoms with Gasteiger partial charge in [0.05, 0.1) is 12.3 Å². The highest BCUT2D eigenvalue weighted by atomic mass is 32.1. The van der Waals surface area contributed by atoms with Crippen LogP contribution in [-0.2, 0) is 18.4 Å². The molecule has 0 aliphatic carbocycles. The Hall–Kier alpha value is -1.65. The van der Waals surface area contributed by atoms with E-state index in [9.17, 15) is 0 Å². The van der Waals surface area contributed by atoms with Gasteiger partial charge in [0.25, 0.3) is 0 Å². The highest BCUT2D eigenvalue weighted by Crippen LogP contribution is 2.30. The van der Waals surface area contributed by atoms with Crippen LogP contribution in [0.1, 0.15) is 5.01 Å². The standard InChI is InChI=1S/C14H14N2OS/c1-16-7-11(10-5-3-4-6-13(10)16)12-9-18-14(15-12)8-17-2/h3-7,9H,8H2,1-2H3. The van der Waals surface area contributed by atoms with E-state index in [1.165, 1.54) is 16.5 Å². The molecular weight excluding hydrogens is 244 g/mol. The summed E-state index contributed by atoms with van der Waals surface area (Å²) in [5.41, 5.74) is 3.45. The maximum atomic E-state index is 5.11. The van der Waals surface area contributed by atoms with Crippen molar-refractivity contribution in [2.45, 2.75) is 6.61 Å². The van der Waals surface area contributed by atoms with Crippen LogP contribution in [0.5, 0.6) is 0 Å². The minimum Gasteiger partial charge on any atom is -0.378 e. The zero-order valence-electron chi connectivity index (χ0n) is 10.4. The lowest BCUT2D eigenvalue weighted by molar-refractivity contribution is 0.184. The normalized spacial score (nSPS) is 11.2. The van der Waals surface area contributed by atoms with Gasteiger partial charge in [0.1, 0.15) is 5.01 Å². The summed E-state index contributed by atoms with van der Waals surface area (Å²) in [4.78, 5) is 4.61. The first-order valence-corrected chi connectivity index (χ1v) is 6.65. The molecule has 0 amide bonds. The highest BCUT2D eigenvalue weighted by molar-refractivity contribution is 7.09. The van der Waals surface area contributed by atoms with Gasteiger partial charge < -0.3 is 9.30 Å². The molecule has 2 heterocycles. The fraction of sp³-hybridized carbons (Fsp3) is 0.214. The number of hydrogen-bond acceptors (Lipinski definition) is 3. The van der Waals surface area contributed by atoms with E-state index in [1.54, 1.807) is 18.4 Å². The highest BCUT2D eigenvalue weighted by Gasteiger charge is 2.11. The minimum absolute atomic E-state index is 0.579. The Bertz CT molecular complexity index is 684. The van der Waals surface area contributed by atoms with Gasteiger partial charge in [-0.1, -0.05) is 18.2 Å². The van der Waals surface area contributed by atoms with E-state index in [2.05, 4.69) is 52.4 Å². The van der Waals surface area contributed by atoms with Crippen LogP contribution in [0.2, 0.25) is 0 Å². The van der Waals surface area contributed by atoms with E-state index in [-0.39, 0.29) is 0 Å². The second-order valence-corrected chi connectivity index (χ2v) is 5.17. The molecule has 0 atom stereocenters. The SMILES string of the molecule is COCc1nc(-c2cn(C)c3ccccc23)cs1. The van der Waals surface area contributed by atoms with Crippen molar-refractivity contribution in [3.05, 3.63) is 40.8 Å². The van der Waals surface area contributed by atoms with Crippen LogP contribution in [0.15, 0.2) is 35.8 Å². The van der Waals surface area contributed by atoms with Crippen molar-refractivity contribution in [2.75, 3.05) is 7.11 Å². The summed E-state index contributed by atoms with van der Waals surface area (Å²) in [5, 5.41) is 4.35. The van der Waals surface area contributed by atoms with Gasteiger partial charge in [-0.25, -0.2) is 4.98 Å². The molecule has 0 saturated heterocycles. The van der Waals surface area contributed by atoms with Gasteiger partial charge in [0.15, 0.2) is 0 Å². The van der Waals surface area contributed by atoms with E-state index in [0.717, 1.165) is 10.7 Å². The predicted octanol–water partition coefficient (Wildman–Crippen LogP) is 3.45. The summed E-state index contributed by atoms with van der Waals surface area (Å²) in [6, 6.07) is 8.39. The fourth-order valence-electron chi connectivity index (χ4n) is 2.17. The number of methoxy groups -OCH3 is 1.